The van der Waals surface area contributed by atoms with E-state index in [-0.39, 0.29) is 15.6 Å². The van der Waals surface area contributed by atoms with Crippen molar-refractivity contribution in [2.75, 3.05) is 0 Å². The smallest absolute Gasteiger partial charge is 0.272 e. The zero-order valence-electron chi connectivity index (χ0n) is 6.80. The Bertz CT molecular complexity index is 481. The number of aromatic hydroxyl groups is 1. The Hall–Kier alpha value is -0.870. The highest BCUT2D eigenvalue weighted by atomic mass is 35.5. The molecule has 0 fully saturated rings. The first-order valence-corrected chi connectivity index (χ1v) is 4.98. The van der Waals surface area contributed by atoms with Crippen molar-refractivity contribution in [3.05, 3.63) is 28.1 Å². The van der Waals surface area contributed by atoms with E-state index in [1.807, 2.05) is 0 Å². The molecule has 0 radical (unpaired) electrons. The summed E-state index contributed by atoms with van der Waals surface area (Å²) in [6.07, 6.45) is -2.51. The van der Waals surface area contributed by atoms with Crippen LogP contribution in [0.15, 0.2) is 18.2 Å². The molecular formula is C9H5ClF2OS. The molecule has 0 saturated heterocycles. The standard InChI is InChI=1S/C9H5ClF2OS/c10-5-1-2-6-4(8(5)13)3-7(14-6)9(11)12/h1-3,9,13H. The lowest BCUT2D eigenvalue weighted by atomic mass is 10.2. The minimum atomic E-state index is -2.51. The van der Waals surface area contributed by atoms with Gasteiger partial charge in [-0.1, -0.05) is 11.6 Å². The van der Waals surface area contributed by atoms with E-state index in [0.717, 1.165) is 11.3 Å². The van der Waals surface area contributed by atoms with Gasteiger partial charge in [0.25, 0.3) is 6.43 Å². The number of thiophene rings is 1. The van der Waals surface area contributed by atoms with Crippen molar-refractivity contribution in [1.82, 2.24) is 0 Å². The van der Waals surface area contributed by atoms with E-state index in [1.165, 1.54) is 12.1 Å². The van der Waals surface area contributed by atoms with Crippen molar-refractivity contribution >= 4 is 33.0 Å². The fourth-order valence-electron chi connectivity index (χ4n) is 1.20. The van der Waals surface area contributed by atoms with Crippen LogP contribution >= 0.6 is 22.9 Å². The van der Waals surface area contributed by atoms with Crippen molar-refractivity contribution in [3.63, 3.8) is 0 Å². The molecule has 0 aliphatic heterocycles. The van der Waals surface area contributed by atoms with Crippen LogP contribution in [-0.4, -0.2) is 5.11 Å². The topological polar surface area (TPSA) is 20.2 Å². The molecule has 1 aromatic heterocycles. The zero-order chi connectivity index (χ0) is 10.3. The molecule has 14 heavy (non-hydrogen) atoms. The average molecular weight is 235 g/mol. The van der Waals surface area contributed by atoms with Crippen LogP contribution in [0.2, 0.25) is 5.02 Å². The van der Waals surface area contributed by atoms with Crippen LogP contribution in [0.5, 0.6) is 5.75 Å². The lowest BCUT2D eigenvalue weighted by Crippen LogP contribution is -1.73. The average Bonchev–Trinajstić information content (AvgIpc) is 2.56. The summed E-state index contributed by atoms with van der Waals surface area (Å²) in [5, 5.41) is 10.0. The monoisotopic (exact) mass is 234 g/mol. The Morgan fingerprint density at radius 1 is 1.36 bits per heavy atom. The van der Waals surface area contributed by atoms with Crippen LogP contribution in [0.4, 0.5) is 8.78 Å². The molecule has 0 spiro atoms. The first-order valence-electron chi connectivity index (χ1n) is 3.78. The van der Waals surface area contributed by atoms with Gasteiger partial charge in [0.05, 0.1) is 9.90 Å². The quantitative estimate of drug-likeness (QED) is 0.784. The molecule has 0 atom stereocenters. The second kappa shape index (κ2) is 3.37. The maximum atomic E-state index is 12.3. The second-order valence-corrected chi connectivity index (χ2v) is 4.28. The van der Waals surface area contributed by atoms with Gasteiger partial charge in [0.15, 0.2) is 0 Å². The minimum Gasteiger partial charge on any atom is -0.506 e. The molecular weight excluding hydrogens is 230 g/mol. The highest BCUT2D eigenvalue weighted by Crippen LogP contribution is 2.39. The van der Waals surface area contributed by atoms with E-state index >= 15 is 0 Å². The first-order chi connectivity index (χ1) is 6.59. The first kappa shape index (κ1) is 9.68. The summed E-state index contributed by atoms with van der Waals surface area (Å²) in [5.41, 5.74) is 0. The van der Waals surface area contributed by atoms with Crippen molar-refractivity contribution in [2.45, 2.75) is 6.43 Å². The number of rotatable bonds is 1. The predicted molar refractivity (Wildman–Crippen MR) is 53.5 cm³/mol. The van der Waals surface area contributed by atoms with Gasteiger partial charge in [0.2, 0.25) is 0 Å². The van der Waals surface area contributed by atoms with Gasteiger partial charge in [-0.15, -0.1) is 11.3 Å². The molecule has 1 aromatic carbocycles. The Morgan fingerprint density at radius 2 is 2.07 bits per heavy atom. The lowest BCUT2D eigenvalue weighted by Gasteiger charge is -1.95. The number of hydrogen-bond acceptors (Lipinski definition) is 2. The SMILES string of the molecule is Oc1c(Cl)ccc2sc(C(F)F)cc12. The van der Waals surface area contributed by atoms with Gasteiger partial charge in [0, 0.05) is 10.1 Å². The van der Waals surface area contributed by atoms with E-state index in [9.17, 15) is 13.9 Å². The van der Waals surface area contributed by atoms with E-state index < -0.39 is 6.43 Å². The number of halogens is 3. The van der Waals surface area contributed by atoms with Crippen LogP contribution < -0.4 is 0 Å². The summed E-state index contributed by atoms with van der Waals surface area (Å²) in [4.78, 5) is -0.0578. The third kappa shape index (κ3) is 1.44. The summed E-state index contributed by atoms with van der Waals surface area (Å²) >= 11 is 6.60. The molecule has 74 valence electrons. The lowest BCUT2D eigenvalue weighted by molar-refractivity contribution is 0.156. The summed E-state index contributed by atoms with van der Waals surface area (Å²) in [5.74, 6) is -0.132. The molecule has 5 heteroatoms. The van der Waals surface area contributed by atoms with Gasteiger partial charge in [-0.25, -0.2) is 8.78 Å². The molecule has 0 amide bonds. The van der Waals surface area contributed by atoms with Gasteiger partial charge >= 0.3 is 0 Å². The van der Waals surface area contributed by atoms with Gasteiger partial charge in [-0.2, -0.15) is 0 Å². The molecule has 2 rings (SSSR count). The van der Waals surface area contributed by atoms with Crippen molar-refractivity contribution in [2.24, 2.45) is 0 Å². The molecule has 0 bridgehead atoms. The number of phenolic OH excluding ortho intramolecular Hbond substituents is 1. The molecule has 0 unspecified atom stereocenters. The summed E-state index contributed by atoms with van der Waals surface area (Å²) in [6, 6.07) is 4.38. The Kier molecular flexibility index (Phi) is 2.33. The Morgan fingerprint density at radius 3 is 2.71 bits per heavy atom. The molecule has 0 aliphatic carbocycles. The van der Waals surface area contributed by atoms with E-state index in [4.69, 9.17) is 11.6 Å². The Labute approximate surface area is 87.5 Å². The van der Waals surface area contributed by atoms with Gasteiger partial charge in [0.1, 0.15) is 5.75 Å². The fraction of sp³-hybridized carbons (Fsp3) is 0.111. The number of fused-ring (bicyclic) bond motifs is 1. The number of hydrogen-bond donors (Lipinski definition) is 1. The van der Waals surface area contributed by atoms with Crippen molar-refractivity contribution < 1.29 is 13.9 Å². The zero-order valence-corrected chi connectivity index (χ0v) is 8.37. The van der Waals surface area contributed by atoms with Gasteiger partial charge in [-0.05, 0) is 18.2 Å². The van der Waals surface area contributed by atoms with Crippen LogP contribution in [0, 0.1) is 0 Å². The van der Waals surface area contributed by atoms with Crippen LogP contribution in [0.1, 0.15) is 11.3 Å². The van der Waals surface area contributed by atoms with Crippen LogP contribution in [-0.2, 0) is 0 Å². The maximum Gasteiger partial charge on any atom is 0.272 e. The highest BCUT2D eigenvalue weighted by molar-refractivity contribution is 7.19. The van der Waals surface area contributed by atoms with Crippen LogP contribution in [0.3, 0.4) is 0 Å². The predicted octanol–water partition coefficient (Wildman–Crippen LogP) is 4.20. The summed E-state index contributed by atoms with van der Waals surface area (Å²) in [6.45, 7) is 0. The minimum absolute atomic E-state index is 0.0578. The molecule has 1 heterocycles. The summed E-state index contributed by atoms with van der Waals surface area (Å²) < 4.78 is 25.3. The molecule has 2 aromatic rings. The largest absolute Gasteiger partial charge is 0.506 e. The number of benzene rings is 1. The molecule has 1 nitrogen and oxygen atoms in total. The third-order valence-corrected chi connectivity index (χ3v) is 3.27. The maximum absolute atomic E-state index is 12.3. The van der Waals surface area contributed by atoms with E-state index in [1.54, 1.807) is 6.07 Å². The van der Waals surface area contributed by atoms with Crippen molar-refractivity contribution in [1.29, 1.82) is 0 Å². The van der Waals surface area contributed by atoms with E-state index in [2.05, 4.69) is 0 Å². The normalized spacial score (nSPS) is 11.4. The Balaban J connectivity index is 2.71. The van der Waals surface area contributed by atoms with E-state index in [0.29, 0.717) is 10.1 Å². The number of alkyl halides is 2. The second-order valence-electron chi connectivity index (χ2n) is 2.76. The van der Waals surface area contributed by atoms with Gasteiger partial charge in [-0.3, -0.25) is 0 Å². The fourth-order valence-corrected chi connectivity index (χ4v) is 2.28. The van der Waals surface area contributed by atoms with Crippen LogP contribution in [0.25, 0.3) is 10.1 Å². The number of phenols is 1. The summed E-state index contributed by atoms with van der Waals surface area (Å²) in [7, 11) is 0. The molecule has 0 aliphatic rings. The van der Waals surface area contributed by atoms with Crippen molar-refractivity contribution in [3.8, 4) is 5.75 Å². The molecule has 0 saturated carbocycles. The third-order valence-electron chi connectivity index (χ3n) is 1.86. The highest BCUT2D eigenvalue weighted by Gasteiger charge is 2.14. The molecule has 1 N–H and O–H groups in total. The van der Waals surface area contributed by atoms with Gasteiger partial charge < -0.3 is 5.11 Å².